The third-order valence-electron chi connectivity index (χ3n) is 4.74. The summed E-state index contributed by atoms with van der Waals surface area (Å²) in [5.74, 6) is -3.79. The van der Waals surface area contributed by atoms with Crippen LogP contribution in [0.25, 0.3) is 5.82 Å². The zero-order chi connectivity index (χ0) is 27.5. The highest BCUT2D eigenvalue weighted by Crippen LogP contribution is 2.34. The molecule has 37 heavy (non-hydrogen) atoms. The number of esters is 1. The Labute approximate surface area is 211 Å². The second kappa shape index (κ2) is 11.0. The first kappa shape index (κ1) is 27.6. The Balaban J connectivity index is 2.09. The zero-order valence-electron chi connectivity index (χ0n) is 19.5. The summed E-state index contributed by atoms with van der Waals surface area (Å²) in [4.78, 5) is 44.8. The molecule has 1 atom stereocenters. The third kappa shape index (κ3) is 5.90. The van der Waals surface area contributed by atoms with Crippen molar-refractivity contribution >= 4 is 17.6 Å². The number of aromatic nitrogens is 4. The van der Waals surface area contributed by atoms with E-state index in [1.807, 2.05) is 0 Å². The van der Waals surface area contributed by atoms with Gasteiger partial charge in [0.2, 0.25) is 5.88 Å². The summed E-state index contributed by atoms with van der Waals surface area (Å²) in [6.07, 6.45) is -4.78. The van der Waals surface area contributed by atoms with Crippen LogP contribution in [0.5, 0.6) is 17.5 Å². The van der Waals surface area contributed by atoms with Crippen molar-refractivity contribution in [2.45, 2.75) is 39.6 Å². The number of pyridine rings is 2. The predicted molar refractivity (Wildman–Crippen MR) is 121 cm³/mol. The lowest BCUT2D eigenvalue weighted by Crippen LogP contribution is -2.42. The average molecular weight is 547 g/mol. The van der Waals surface area contributed by atoms with Gasteiger partial charge in [0.25, 0.3) is 11.4 Å². The fourth-order valence-electron chi connectivity index (χ4n) is 3.10. The first-order chi connectivity index (χ1) is 17.4. The second-order valence-corrected chi connectivity index (χ2v) is 7.64. The smallest absolute Gasteiger partial charge is 0.431 e. The molecule has 0 aromatic carbocycles. The second-order valence-electron chi connectivity index (χ2n) is 7.23. The number of hydrogen-bond donors (Lipinski definition) is 0. The molecular formula is C22H19ClF4N4O6. The van der Waals surface area contributed by atoms with Crippen molar-refractivity contribution in [2.75, 3.05) is 6.61 Å². The summed E-state index contributed by atoms with van der Waals surface area (Å²) in [7, 11) is 0. The van der Waals surface area contributed by atoms with Crippen LogP contribution in [0.3, 0.4) is 0 Å². The van der Waals surface area contributed by atoms with Crippen molar-refractivity contribution in [3.63, 3.8) is 0 Å². The van der Waals surface area contributed by atoms with E-state index < -0.39 is 64.3 Å². The molecule has 0 saturated heterocycles. The van der Waals surface area contributed by atoms with Crippen LogP contribution in [-0.2, 0) is 22.3 Å². The lowest BCUT2D eigenvalue weighted by Gasteiger charge is -2.17. The molecule has 3 heterocycles. The van der Waals surface area contributed by atoms with Gasteiger partial charge in [-0.1, -0.05) is 11.6 Å². The van der Waals surface area contributed by atoms with E-state index in [-0.39, 0.29) is 33.4 Å². The van der Waals surface area contributed by atoms with Crippen LogP contribution in [0.2, 0.25) is 5.02 Å². The molecule has 3 aromatic rings. The fraction of sp³-hybridized carbons (Fsp3) is 0.318. The monoisotopic (exact) mass is 546 g/mol. The molecule has 1 unspecified atom stereocenters. The number of halogens is 5. The van der Waals surface area contributed by atoms with Crippen molar-refractivity contribution in [1.29, 1.82) is 0 Å². The van der Waals surface area contributed by atoms with E-state index in [2.05, 4.69) is 9.97 Å². The first-order valence-electron chi connectivity index (χ1n) is 10.7. The number of alkyl halides is 3. The highest BCUT2D eigenvalue weighted by Gasteiger charge is 2.36. The molecule has 0 aliphatic carbocycles. The molecule has 0 bridgehead atoms. The minimum absolute atomic E-state index is 0.110. The minimum Gasteiger partial charge on any atom is -0.463 e. The van der Waals surface area contributed by atoms with Crippen molar-refractivity contribution in [3.8, 4) is 23.3 Å². The molecule has 0 fully saturated rings. The lowest BCUT2D eigenvalue weighted by molar-refractivity contribution is -0.150. The number of carbonyl (C=O) groups is 1. The van der Waals surface area contributed by atoms with Crippen molar-refractivity contribution in [2.24, 2.45) is 0 Å². The fourth-order valence-corrected chi connectivity index (χ4v) is 3.28. The molecule has 3 aromatic heterocycles. The van der Waals surface area contributed by atoms with E-state index in [0.717, 1.165) is 0 Å². The van der Waals surface area contributed by atoms with E-state index in [1.165, 1.54) is 32.2 Å². The predicted octanol–water partition coefficient (Wildman–Crippen LogP) is 3.74. The van der Waals surface area contributed by atoms with Gasteiger partial charge in [0.05, 0.1) is 6.61 Å². The van der Waals surface area contributed by atoms with Crippen molar-refractivity contribution in [1.82, 2.24) is 19.1 Å². The molecule has 3 rings (SSSR count). The Morgan fingerprint density at radius 2 is 1.89 bits per heavy atom. The topological polar surface area (TPSA) is 115 Å². The van der Waals surface area contributed by atoms with Crippen LogP contribution in [0.4, 0.5) is 17.6 Å². The van der Waals surface area contributed by atoms with Crippen LogP contribution in [0.15, 0.2) is 40.1 Å². The number of rotatable bonds is 8. The summed E-state index contributed by atoms with van der Waals surface area (Å²) in [5, 5.41) is -0.412. The maximum Gasteiger partial charge on any atom is 0.431 e. The quantitative estimate of drug-likeness (QED) is 0.310. The molecule has 198 valence electrons. The van der Waals surface area contributed by atoms with E-state index in [4.69, 9.17) is 25.8 Å². The Morgan fingerprint density at radius 3 is 2.51 bits per heavy atom. The maximum absolute atomic E-state index is 14.8. The largest absolute Gasteiger partial charge is 0.463 e. The van der Waals surface area contributed by atoms with Gasteiger partial charge in [-0.05, 0) is 32.9 Å². The summed E-state index contributed by atoms with van der Waals surface area (Å²) in [6.45, 7) is 3.89. The summed E-state index contributed by atoms with van der Waals surface area (Å²) < 4.78 is 70.9. The normalized spacial score (nSPS) is 12.2. The zero-order valence-corrected chi connectivity index (χ0v) is 20.3. The third-order valence-corrected chi connectivity index (χ3v) is 5.01. The lowest BCUT2D eigenvalue weighted by atomic mass is 10.3. The average Bonchev–Trinajstić information content (AvgIpc) is 2.82. The highest BCUT2D eigenvalue weighted by atomic mass is 35.5. The number of ether oxygens (including phenoxy) is 3. The van der Waals surface area contributed by atoms with E-state index in [1.54, 1.807) is 6.92 Å². The molecule has 0 saturated carbocycles. The SMILES string of the molecule is CCOC(=O)C(C)Oc1ncccc1Oc1nc(-n2c(=O)cc(C(F)(F)F)n(CC)c2=O)c(F)cc1Cl. The maximum atomic E-state index is 14.8. The van der Waals surface area contributed by atoms with Gasteiger partial charge in [-0.25, -0.2) is 23.5 Å². The van der Waals surface area contributed by atoms with Crippen LogP contribution in [-0.4, -0.2) is 37.8 Å². The summed E-state index contributed by atoms with van der Waals surface area (Å²) in [6, 6.07) is 3.59. The highest BCUT2D eigenvalue weighted by molar-refractivity contribution is 6.31. The van der Waals surface area contributed by atoms with Crippen molar-refractivity contribution < 1.29 is 36.6 Å². The molecule has 15 heteroatoms. The summed E-state index contributed by atoms with van der Waals surface area (Å²) in [5.41, 5.74) is -4.45. The van der Waals surface area contributed by atoms with Gasteiger partial charge < -0.3 is 14.2 Å². The number of hydrogen-bond acceptors (Lipinski definition) is 8. The Morgan fingerprint density at radius 1 is 1.19 bits per heavy atom. The molecule has 0 N–H and O–H groups in total. The van der Waals surface area contributed by atoms with Crippen LogP contribution < -0.4 is 20.7 Å². The first-order valence-corrected chi connectivity index (χ1v) is 11.0. The van der Waals surface area contributed by atoms with Gasteiger partial charge in [0.1, 0.15) is 10.7 Å². The number of nitrogens with zero attached hydrogens (tertiary/aromatic N) is 4. The Hall–Kier alpha value is -3.94. The molecule has 0 radical (unpaired) electrons. The molecule has 0 aliphatic rings. The van der Waals surface area contributed by atoms with E-state index in [9.17, 15) is 31.9 Å². The van der Waals surface area contributed by atoms with Crippen LogP contribution >= 0.6 is 11.6 Å². The van der Waals surface area contributed by atoms with Gasteiger partial charge in [-0.3, -0.25) is 9.36 Å². The standard InChI is InChI=1S/C22H19ClF4N4O6/c1-4-30-15(22(25,26)27)10-16(32)31(21(30)34)17-13(24)9-12(23)18(29-17)37-14-7-6-8-28-19(14)36-11(3)20(33)35-5-2/h6-11H,4-5H2,1-3H3. The Bertz CT molecular complexity index is 1440. The minimum atomic E-state index is -5.01. The van der Waals surface area contributed by atoms with E-state index in [0.29, 0.717) is 6.07 Å². The molecule has 0 aliphatic heterocycles. The van der Waals surface area contributed by atoms with Gasteiger partial charge in [-0.15, -0.1) is 0 Å². The van der Waals surface area contributed by atoms with Gasteiger partial charge in [0.15, 0.2) is 23.5 Å². The molecule has 0 spiro atoms. The van der Waals surface area contributed by atoms with Crippen molar-refractivity contribution in [3.05, 3.63) is 67.8 Å². The molecule has 10 nitrogen and oxygen atoms in total. The Kier molecular flexibility index (Phi) is 8.21. The van der Waals surface area contributed by atoms with Crippen LogP contribution in [0, 0.1) is 5.82 Å². The number of carbonyl (C=O) groups excluding carboxylic acids is 1. The van der Waals surface area contributed by atoms with E-state index >= 15 is 0 Å². The van der Waals surface area contributed by atoms with Crippen LogP contribution in [0.1, 0.15) is 26.5 Å². The van der Waals surface area contributed by atoms with Gasteiger partial charge in [-0.2, -0.15) is 18.2 Å². The molecular weight excluding hydrogens is 528 g/mol. The summed E-state index contributed by atoms with van der Waals surface area (Å²) >= 11 is 6.03. The van der Waals surface area contributed by atoms with Gasteiger partial charge >= 0.3 is 17.8 Å². The molecule has 0 amide bonds. The van der Waals surface area contributed by atoms with Gasteiger partial charge in [0, 0.05) is 24.9 Å².